The number of hydrogen-bond acceptors (Lipinski definition) is 4. The zero-order valence-corrected chi connectivity index (χ0v) is 16.4. The van der Waals surface area contributed by atoms with E-state index in [1.165, 1.54) is 12.1 Å². The molecule has 0 aliphatic carbocycles. The predicted molar refractivity (Wildman–Crippen MR) is 114 cm³/mol. The van der Waals surface area contributed by atoms with Crippen LogP contribution in [0, 0.1) is 5.82 Å². The maximum atomic E-state index is 13.4. The average molecular weight is 400 g/mol. The summed E-state index contributed by atoms with van der Waals surface area (Å²) in [6, 6.07) is 22.5. The van der Waals surface area contributed by atoms with Crippen molar-refractivity contribution < 1.29 is 13.9 Å². The Labute approximate surface area is 174 Å². The fraction of sp³-hybridized carbons (Fsp3) is 0.160. The van der Waals surface area contributed by atoms with E-state index in [-0.39, 0.29) is 18.1 Å². The molecule has 0 bridgehead atoms. The average Bonchev–Trinajstić information content (AvgIpc) is 3.24. The predicted octanol–water partition coefficient (Wildman–Crippen LogP) is 5.63. The molecule has 3 aromatic rings. The first-order valence-corrected chi connectivity index (χ1v) is 9.94. The molecule has 0 saturated heterocycles. The molecule has 4 nitrogen and oxygen atoms in total. The van der Waals surface area contributed by atoms with E-state index in [4.69, 9.17) is 14.6 Å². The molecular weight excluding hydrogens is 379 g/mol. The molecule has 2 atom stereocenters. The minimum Gasteiger partial charge on any atom is -0.490 e. The number of hydrogen-bond donors (Lipinski definition) is 0. The molecule has 0 aromatic heterocycles. The van der Waals surface area contributed by atoms with Gasteiger partial charge in [-0.3, -0.25) is 0 Å². The maximum absolute atomic E-state index is 13.4. The molecule has 5 heteroatoms. The number of fused-ring (bicyclic) bond motifs is 3. The lowest BCUT2D eigenvalue weighted by atomic mass is 9.96. The second-order valence-electron chi connectivity index (χ2n) is 7.33. The minimum absolute atomic E-state index is 0.0664. The normalized spacial score (nSPS) is 19.4. The SMILES string of the molecule is C=CCOc1ccc([C@@H]2Oc3ccccc3[C@@H]3CC(c4ccc(F)cc4)=NN32)cc1. The molecule has 3 aromatic carbocycles. The molecule has 150 valence electrons. The van der Waals surface area contributed by atoms with Crippen molar-refractivity contribution in [1.82, 2.24) is 5.01 Å². The van der Waals surface area contributed by atoms with Crippen molar-refractivity contribution >= 4 is 5.71 Å². The first-order valence-electron chi connectivity index (χ1n) is 9.94. The van der Waals surface area contributed by atoms with Gasteiger partial charge in [0.25, 0.3) is 0 Å². The van der Waals surface area contributed by atoms with E-state index < -0.39 is 0 Å². The van der Waals surface area contributed by atoms with Crippen LogP contribution in [-0.2, 0) is 0 Å². The van der Waals surface area contributed by atoms with Gasteiger partial charge in [-0.05, 0) is 48.0 Å². The van der Waals surface area contributed by atoms with Crippen LogP contribution < -0.4 is 9.47 Å². The largest absolute Gasteiger partial charge is 0.490 e. The zero-order valence-electron chi connectivity index (χ0n) is 16.4. The molecule has 2 heterocycles. The molecule has 0 spiro atoms. The van der Waals surface area contributed by atoms with Gasteiger partial charge in [0.2, 0.25) is 6.23 Å². The third kappa shape index (κ3) is 3.32. The smallest absolute Gasteiger partial charge is 0.213 e. The third-order valence-electron chi connectivity index (χ3n) is 5.41. The van der Waals surface area contributed by atoms with E-state index in [0.717, 1.165) is 40.3 Å². The van der Waals surface area contributed by atoms with Gasteiger partial charge in [-0.1, -0.05) is 43.0 Å². The number of rotatable bonds is 5. The summed E-state index contributed by atoms with van der Waals surface area (Å²) in [5, 5.41) is 6.91. The lowest BCUT2D eigenvalue weighted by Crippen LogP contribution is -2.33. The molecule has 0 saturated carbocycles. The summed E-state index contributed by atoms with van der Waals surface area (Å²) in [5.41, 5.74) is 3.96. The van der Waals surface area contributed by atoms with Crippen LogP contribution in [-0.4, -0.2) is 17.3 Å². The van der Waals surface area contributed by atoms with Crippen LogP contribution in [0.1, 0.15) is 35.4 Å². The Bertz CT molecular complexity index is 1090. The fourth-order valence-electron chi connectivity index (χ4n) is 3.95. The highest BCUT2D eigenvalue weighted by atomic mass is 19.1. The van der Waals surface area contributed by atoms with E-state index >= 15 is 0 Å². The lowest BCUT2D eigenvalue weighted by molar-refractivity contribution is -0.0190. The Morgan fingerprint density at radius 2 is 1.83 bits per heavy atom. The molecule has 0 radical (unpaired) electrons. The van der Waals surface area contributed by atoms with Crippen LogP contribution >= 0.6 is 0 Å². The molecule has 0 N–H and O–H groups in total. The molecule has 0 unspecified atom stereocenters. The van der Waals surface area contributed by atoms with Crippen molar-refractivity contribution in [1.29, 1.82) is 0 Å². The first kappa shape index (κ1) is 18.4. The molecular formula is C25H21FN2O2. The second-order valence-corrected chi connectivity index (χ2v) is 7.33. The topological polar surface area (TPSA) is 34.1 Å². The Morgan fingerprint density at radius 1 is 1.07 bits per heavy atom. The lowest BCUT2D eigenvalue weighted by Gasteiger charge is -2.38. The Balaban J connectivity index is 1.51. The van der Waals surface area contributed by atoms with E-state index in [0.29, 0.717) is 6.61 Å². The zero-order chi connectivity index (χ0) is 20.5. The van der Waals surface area contributed by atoms with Gasteiger partial charge >= 0.3 is 0 Å². The summed E-state index contributed by atoms with van der Waals surface area (Å²) < 4.78 is 25.3. The van der Waals surface area contributed by atoms with E-state index in [9.17, 15) is 4.39 Å². The van der Waals surface area contributed by atoms with Crippen LogP contribution in [0.2, 0.25) is 0 Å². The van der Waals surface area contributed by atoms with Gasteiger partial charge in [-0.2, -0.15) is 5.10 Å². The molecule has 2 aliphatic heterocycles. The van der Waals surface area contributed by atoms with Gasteiger partial charge in [0.05, 0.1) is 11.8 Å². The number of para-hydroxylation sites is 1. The van der Waals surface area contributed by atoms with Gasteiger partial charge < -0.3 is 9.47 Å². The van der Waals surface area contributed by atoms with Gasteiger partial charge in [0.1, 0.15) is 23.9 Å². The molecule has 0 fully saturated rings. The summed E-state index contributed by atoms with van der Waals surface area (Å²) in [5.74, 6) is 1.40. The molecule has 2 aliphatic rings. The number of hydrazone groups is 1. The summed E-state index contributed by atoms with van der Waals surface area (Å²) in [4.78, 5) is 0. The van der Waals surface area contributed by atoms with Crippen LogP contribution in [0.25, 0.3) is 0 Å². The molecule has 5 rings (SSSR count). The Hall–Kier alpha value is -3.60. The second kappa shape index (κ2) is 7.67. The third-order valence-corrected chi connectivity index (χ3v) is 5.41. The van der Waals surface area contributed by atoms with Crippen LogP contribution in [0.4, 0.5) is 4.39 Å². The van der Waals surface area contributed by atoms with Crippen LogP contribution in [0.3, 0.4) is 0 Å². The summed E-state index contributed by atoms with van der Waals surface area (Å²) in [6.45, 7) is 4.14. The standard InChI is InChI=1S/C25H21FN2O2/c1-2-15-29-20-13-9-18(10-14-20)25-28-23(21-5-3-4-6-24(21)30-25)16-22(27-28)17-7-11-19(26)12-8-17/h2-14,23,25H,1,15-16H2/t23-,25-/m0/s1. The quantitative estimate of drug-likeness (QED) is 0.520. The highest BCUT2D eigenvalue weighted by Crippen LogP contribution is 2.47. The Morgan fingerprint density at radius 3 is 2.60 bits per heavy atom. The number of ether oxygens (including phenoxy) is 2. The van der Waals surface area contributed by atoms with Crippen molar-refractivity contribution in [2.24, 2.45) is 5.10 Å². The summed E-state index contributed by atoms with van der Waals surface area (Å²) >= 11 is 0. The van der Waals surface area contributed by atoms with Gasteiger partial charge in [-0.15, -0.1) is 0 Å². The summed E-state index contributed by atoms with van der Waals surface area (Å²) in [6.07, 6.45) is 2.11. The van der Waals surface area contributed by atoms with Crippen molar-refractivity contribution in [2.75, 3.05) is 6.61 Å². The molecule has 30 heavy (non-hydrogen) atoms. The highest BCUT2D eigenvalue weighted by molar-refractivity contribution is 6.01. The van der Waals surface area contributed by atoms with E-state index in [2.05, 4.69) is 12.6 Å². The highest BCUT2D eigenvalue weighted by Gasteiger charge is 2.40. The van der Waals surface area contributed by atoms with Crippen molar-refractivity contribution in [3.8, 4) is 11.5 Å². The van der Waals surface area contributed by atoms with Crippen LogP contribution in [0.15, 0.2) is 90.6 Å². The Kier molecular flexibility index (Phi) is 4.71. The van der Waals surface area contributed by atoms with E-state index in [1.807, 2.05) is 47.5 Å². The minimum atomic E-state index is -0.351. The number of nitrogens with zero attached hydrogens (tertiary/aromatic N) is 2. The van der Waals surface area contributed by atoms with Crippen molar-refractivity contribution in [3.05, 3.63) is 108 Å². The summed E-state index contributed by atoms with van der Waals surface area (Å²) in [7, 11) is 0. The van der Waals surface area contributed by atoms with Gasteiger partial charge in [-0.25, -0.2) is 9.40 Å². The van der Waals surface area contributed by atoms with Crippen molar-refractivity contribution in [3.63, 3.8) is 0 Å². The van der Waals surface area contributed by atoms with Crippen molar-refractivity contribution in [2.45, 2.75) is 18.7 Å². The number of halogens is 1. The van der Waals surface area contributed by atoms with E-state index in [1.54, 1.807) is 18.2 Å². The fourth-order valence-corrected chi connectivity index (χ4v) is 3.95. The molecule has 0 amide bonds. The van der Waals surface area contributed by atoms with Gasteiger partial charge in [0.15, 0.2) is 0 Å². The van der Waals surface area contributed by atoms with Gasteiger partial charge in [0, 0.05) is 17.5 Å². The van der Waals surface area contributed by atoms with Crippen LogP contribution in [0.5, 0.6) is 11.5 Å². The first-order chi connectivity index (χ1) is 14.7. The monoisotopic (exact) mass is 400 g/mol. The maximum Gasteiger partial charge on any atom is 0.213 e. The number of benzene rings is 3.